The summed E-state index contributed by atoms with van der Waals surface area (Å²) < 4.78 is 5.77. The SMILES string of the molecule is C[C@H]1CCc2c(sc(NC(=O)/C=C/c3ccc(-c4cc(Cl)cc(Cl)c4)o3)c2C#N)C1. The standard InChI is InChI=1S/C23H18Cl2N2O2S/c1-13-2-5-18-19(12-26)23(30-21(18)8-13)27-22(28)7-4-17-3-6-20(29-17)14-9-15(24)11-16(25)10-14/h3-4,6-7,9-11,13H,2,5,8H2,1H3,(H,27,28)/b7-4+/t13-/m0/s1. The van der Waals surface area contributed by atoms with Crippen LogP contribution in [0.1, 0.15) is 35.1 Å². The topological polar surface area (TPSA) is 66.0 Å². The van der Waals surface area contributed by atoms with Crippen molar-refractivity contribution in [2.24, 2.45) is 5.92 Å². The van der Waals surface area contributed by atoms with Gasteiger partial charge in [0, 0.05) is 26.6 Å². The van der Waals surface area contributed by atoms with Crippen molar-refractivity contribution in [3.8, 4) is 17.4 Å². The molecular weight excluding hydrogens is 439 g/mol. The summed E-state index contributed by atoms with van der Waals surface area (Å²) in [4.78, 5) is 13.6. The largest absolute Gasteiger partial charge is 0.457 e. The number of benzene rings is 1. The summed E-state index contributed by atoms with van der Waals surface area (Å²) in [6.45, 7) is 2.21. The van der Waals surface area contributed by atoms with Crippen LogP contribution in [0.4, 0.5) is 5.00 Å². The Kier molecular flexibility index (Phi) is 6.01. The number of nitrogens with one attached hydrogen (secondary N) is 1. The van der Waals surface area contributed by atoms with Crippen molar-refractivity contribution in [2.45, 2.75) is 26.2 Å². The van der Waals surface area contributed by atoms with Crippen molar-refractivity contribution in [3.05, 3.63) is 68.2 Å². The highest BCUT2D eigenvalue weighted by molar-refractivity contribution is 7.16. The Morgan fingerprint density at radius 3 is 2.80 bits per heavy atom. The molecule has 1 aromatic carbocycles. The quantitative estimate of drug-likeness (QED) is 0.431. The van der Waals surface area contributed by atoms with E-state index in [0.717, 1.165) is 30.4 Å². The van der Waals surface area contributed by atoms with Crippen LogP contribution < -0.4 is 5.32 Å². The molecular formula is C23H18Cl2N2O2S. The molecule has 0 unspecified atom stereocenters. The second-order valence-electron chi connectivity index (χ2n) is 7.35. The first kappa shape index (κ1) is 20.7. The number of nitrogens with zero attached hydrogens (tertiary/aromatic N) is 1. The zero-order valence-corrected chi connectivity index (χ0v) is 18.5. The molecule has 7 heteroatoms. The van der Waals surface area contributed by atoms with Crippen LogP contribution in [0, 0.1) is 17.2 Å². The Labute approximate surface area is 188 Å². The molecule has 3 aromatic rings. The lowest BCUT2D eigenvalue weighted by Crippen LogP contribution is -2.10. The first-order chi connectivity index (χ1) is 14.4. The van der Waals surface area contributed by atoms with Crippen molar-refractivity contribution < 1.29 is 9.21 Å². The van der Waals surface area contributed by atoms with E-state index in [1.165, 1.54) is 22.3 Å². The molecule has 4 rings (SSSR count). The predicted octanol–water partition coefficient (Wildman–Crippen LogP) is 6.96. The second-order valence-corrected chi connectivity index (χ2v) is 9.33. The fourth-order valence-electron chi connectivity index (χ4n) is 3.56. The lowest BCUT2D eigenvalue weighted by Gasteiger charge is -2.17. The lowest BCUT2D eigenvalue weighted by molar-refractivity contribution is -0.111. The van der Waals surface area contributed by atoms with Gasteiger partial charge in [-0.05, 0) is 67.2 Å². The van der Waals surface area contributed by atoms with Crippen LogP contribution in [-0.4, -0.2) is 5.91 Å². The summed E-state index contributed by atoms with van der Waals surface area (Å²) in [5.41, 5.74) is 2.45. The van der Waals surface area contributed by atoms with E-state index in [9.17, 15) is 10.1 Å². The summed E-state index contributed by atoms with van der Waals surface area (Å²) in [6, 6.07) is 11.0. The van der Waals surface area contributed by atoms with Gasteiger partial charge in [0.25, 0.3) is 0 Å². The number of halogens is 2. The third kappa shape index (κ3) is 4.46. The zero-order valence-electron chi connectivity index (χ0n) is 16.2. The average molecular weight is 457 g/mol. The lowest BCUT2D eigenvalue weighted by atomic mass is 9.89. The van der Waals surface area contributed by atoms with E-state index < -0.39 is 0 Å². The van der Waals surface area contributed by atoms with Crippen molar-refractivity contribution in [1.82, 2.24) is 0 Å². The van der Waals surface area contributed by atoms with Gasteiger partial charge in [0.05, 0.1) is 5.56 Å². The number of hydrogen-bond acceptors (Lipinski definition) is 4. The highest BCUT2D eigenvalue weighted by atomic mass is 35.5. The summed E-state index contributed by atoms with van der Waals surface area (Å²) in [5.74, 6) is 1.43. The van der Waals surface area contributed by atoms with Gasteiger partial charge in [-0.2, -0.15) is 5.26 Å². The van der Waals surface area contributed by atoms with Crippen LogP contribution in [0.15, 0.2) is 40.8 Å². The third-order valence-corrected chi connectivity index (χ3v) is 6.64. The molecule has 30 heavy (non-hydrogen) atoms. The number of carbonyl (C=O) groups is 1. The molecule has 1 amide bonds. The number of carbonyl (C=O) groups excluding carboxylic acids is 1. The molecule has 0 saturated carbocycles. The van der Waals surface area contributed by atoms with Crippen molar-refractivity contribution in [2.75, 3.05) is 5.32 Å². The van der Waals surface area contributed by atoms with Gasteiger partial charge in [-0.15, -0.1) is 11.3 Å². The van der Waals surface area contributed by atoms with Gasteiger partial charge in [0.2, 0.25) is 5.91 Å². The van der Waals surface area contributed by atoms with E-state index >= 15 is 0 Å². The second kappa shape index (κ2) is 8.69. The van der Waals surface area contributed by atoms with Gasteiger partial charge in [-0.3, -0.25) is 4.79 Å². The van der Waals surface area contributed by atoms with Crippen LogP contribution in [0.3, 0.4) is 0 Å². The number of rotatable bonds is 4. The first-order valence-corrected chi connectivity index (χ1v) is 11.1. The van der Waals surface area contributed by atoms with Crippen molar-refractivity contribution in [3.63, 3.8) is 0 Å². The molecule has 0 radical (unpaired) electrons. The van der Waals surface area contributed by atoms with E-state index in [4.69, 9.17) is 27.6 Å². The molecule has 0 spiro atoms. The number of nitriles is 1. The highest BCUT2D eigenvalue weighted by Gasteiger charge is 2.24. The predicted molar refractivity (Wildman–Crippen MR) is 122 cm³/mol. The normalized spacial score (nSPS) is 15.7. The number of furan rings is 1. The van der Waals surface area contributed by atoms with Gasteiger partial charge >= 0.3 is 0 Å². The number of amides is 1. The van der Waals surface area contributed by atoms with E-state index in [0.29, 0.717) is 38.0 Å². The summed E-state index contributed by atoms with van der Waals surface area (Å²) in [7, 11) is 0. The zero-order chi connectivity index (χ0) is 21.3. The van der Waals surface area contributed by atoms with Gasteiger partial charge in [0.15, 0.2) is 0 Å². The van der Waals surface area contributed by atoms with Gasteiger partial charge in [-0.1, -0.05) is 30.1 Å². The van der Waals surface area contributed by atoms with Crippen LogP contribution in [-0.2, 0) is 17.6 Å². The maximum absolute atomic E-state index is 12.4. The van der Waals surface area contributed by atoms with E-state index in [1.54, 1.807) is 36.4 Å². The Bertz CT molecular complexity index is 1170. The molecule has 1 atom stereocenters. The fourth-order valence-corrected chi connectivity index (χ4v) is 5.45. The van der Waals surface area contributed by atoms with E-state index in [2.05, 4.69) is 18.3 Å². The van der Waals surface area contributed by atoms with E-state index in [1.807, 2.05) is 0 Å². The minimum absolute atomic E-state index is 0.304. The molecule has 0 saturated heterocycles. The number of fused-ring (bicyclic) bond motifs is 1. The van der Waals surface area contributed by atoms with Crippen LogP contribution >= 0.6 is 34.5 Å². The molecule has 2 heterocycles. The molecule has 1 aliphatic rings. The molecule has 2 aromatic heterocycles. The van der Waals surface area contributed by atoms with Crippen LogP contribution in [0.25, 0.3) is 17.4 Å². The summed E-state index contributed by atoms with van der Waals surface area (Å²) in [5, 5.41) is 14.1. The monoisotopic (exact) mass is 456 g/mol. The number of thiophene rings is 1. The van der Waals surface area contributed by atoms with Gasteiger partial charge in [-0.25, -0.2) is 0 Å². The summed E-state index contributed by atoms with van der Waals surface area (Å²) >= 11 is 13.6. The Balaban J connectivity index is 1.48. The Morgan fingerprint density at radius 1 is 1.30 bits per heavy atom. The highest BCUT2D eigenvalue weighted by Crippen LogP contribution is 2.39. The number of anilines is 1. The molecule has 4 nitrogen and oxygen atoms in total. The fraction of sp³-hybridized carbons (Fsp3) is 0.217. The van der Waals surface area contributed by atoms with Gasteiger partial charge < -0.3 is 9.73 Å². The maximum atomic E-state index is 12.4. The first-order valence-electron chi connectivity index (χ1n) is 9.53. The van der Waals surface area contributed by atoms with E-state index in [-0.39, 0.29) is 5.91 Å². The molecule has 1 N–H and O–H groups in total. The number of hydrogen-bond donors (Lipinski definition) is 1. The Hall–Kier alpha value is -2.52. The van der Waals surface area contributed by atoms with Crippen molar-refractivity contribution >= 4 is 51.5 Å². The van der Waals surface area contributed by atoms with Crippen LogP contribution in [0.5, 0.6) is 0 Å². The van der Waals surface area contributed by atoms with Crippen LogP contribution in [0.2, 0.25) is 10.0 Å². The molecule has 1 aliphatic carbocycles. The van der Waals surface area contributed by atoms with Crippen molar-refractivity contribution in [1.29, 1.82) is 5.26 Å². The van der Waals surface area contributed by atoms with Gasteiger partial charge in [0.1, 0.15) is 22.6 Å². The molecule has 152 valence electrons. The Morgan fingerprint density at radius 2 is 2.07 bits per heavy atom. The third-order valence-electron chi connectivity index (χ3n) is 5.03. The minimum Gasteiger partial charge on any atom is -0.457 e. The molecule has 0 fully saturated rings. The minimum atomic E-state index is -0.304. The molecule has 0 aliphatic heterocycles. The average Bonchev–Trinajstić information content (AvgIpc) is 3.29. The summed E-state index contributed by atoms with van der Waals surface area (Å²) in [6.07, 6.45) is 5.92. The maximum Gasteiger partial charge on any atom is 0.249 e. The molecule has 0 bridgehead atoms. The smallest absolute Gasteiger partial charge is 0.249 e.